The summed E-state index contributed by atoms with van der Waals surface area (Å²) in [7, 11) is 0. The summed E-state index contributed by atoms with van der Waals surface area (Å²) in [4.78, 5) is 13.8. The molecule has 3 fully saturated rings. The van der Waals surface area contributed by atoms with E-state index in [0.29, 0.717) is 0 Å². The highest BCUT2D eigenvalue weighted by atomic mass is 16.1. The number of fused-ring (bicyclic) bond motifs is 2. The molecule has 0 radical (unpaired) electrons. The summed E-state index contributed by atoms with van der Waals surface area (Å²) in [6.07, 6.45) is 7.79. The summed E-state index contributed by atoms with van der Waals surface area (Å²) in [5.74, 6) is 2.04. The maximum atomic E-state index is 11.1. The first kappa shape index (κ1) is 10.6. The third kappa shape index (κ3) is 1.75. The van der Waals surface area contributed by atoms with Crippen molar-refractivity contribution in [2.45, 2.75) is 44.6 Å². The summed E-state index contributed by atoms with van der Waals surface area (Å²) in [5, 5.41) is 0. The second kappa shape index (κ2) is 4.02. The van der Waals surface area contributed by atoms with Gasteiger partial charge in [0.25, 0.3) is 0 Å². The van der Waals surface area contributed by atoms with Gasteiger partial charge < -0.3 is 10.6 Å². The van der Waals surface area contributed by atoms with Gasteiger partial charge in [-0.3, -0.25) is 4.79 Å². The van der Waals surface area contributed by atoms with E-state index >= 15 is 0 Å². The lowest BCUT2D eigenvalue weighted by Crippen LogP contribution is -2.45. The largest absolute Gasteiger partial charge is 0.369 e. The first-order chi connectivity index (χ1) is 7.74. The monoisotopic (exact) mass is 222 g/mol. The van der Waals surface area contributed by atoms with Gasteiger partial charge in [-0.1, -0.05) is 6.42 Å². The quantitative estimate of drug-likeness (QED) is 0.767. The van der Waals surface area contributed by atoms with Gasteiger partial charge in [-0.05, 0) is 57.0 Å². The van der Waals surface area contributed by atoms with Crippen LogP contribution in [0.5, 0.6) is 0 Å². The Morgan fingerprint density at radius 3 is 2.31 bits per heavy atom. The Morgan fingerprint density at radius 2 is 1.81 bits per heavy atom. The number of amides is 1. The molecular formula is C13H22N2O. The zero-order valence-corrected chi connectivity index (χ0v) is 9.90. The van der Waals surface area contributed by atoms with E-state index in [1.165, 1.54) is 25.7 Å². The molecule has 2 saturated carbocycles. The van der Waals surface area contributed by atoms with Crippen LogP contribution in [0.3, 0.4) is 0 Å². The van der Waals surface area contributed by atoms with E-state index in [2.05, 4.69) is 4.90 Å². The lowest BCUT2D eigenvalue weighted by molar-refractivity contribution is -0.123. The lowest BCUT2D eigenvalue weighted by Gasteiger charge is -2.38. The molecule has 0 unspecified atom stereocenters. The van der Waals surface area contributed by atoms with Crippen molar-refractivity contribution < 1.29 is 4.79 Å². The van der Waals surface area contributed by atoms with Gasteiger partial charge in [0, 0.05) is 12.0 Å². The van der Waals surface area contributed by atoms with Crippen LogP contribution in [-0.4, -0.2) is 29.9 Å². The molecule has 0 aromatic heterocycles. The maximum absolute atomic E-state index is 11.1. The van der Waals surface area contributed by atoms with E-state index in [4.69, 9.17) is 5.73 Å². The minimum atomic E-state index is -0.0902. The Kier molecular flexibility index (Phi) is 2.66. The molecule has 3 atom stereocenters. The molecule has 3 aliphatic rings. The molecule has 90 valence electrons. The molecular weight excluding hydrogens is 200 g/mol. The van der Waals surface area contributed by atoms with Gasteiger partial charge in [0.05, 0.1) is 0 Å². The van der Waals surface area contributed by atoms with Crippen LogP contribution in [0.4, 0.5) is 0 Å². The van der Waals surface area contributed by atoms with Crippen molar-refractivity contribution in [1.82, 2.24) is 4.90 Å². The first-order valence-electron chi connectivity index (χ1n) is 6.77. The predicted molar refractivity (Wildman–Crippen MR) is 62.7 cm³/mol. The van der Waals surface area contributed by atoms with Gasteiger partial charge in [-0.15, -0.1) is 0 Å². The number of nitrogens with zero attached hydrogens (tertiary/aromatic N) is 1. The van der Waals surface area contributed by atoms with E-state index in [9.17, 15) is 4.79 Å². The van der Waals surface area contributed by atoms with Crippen molar-refractivity contribution in [2.75, 3.05) is 13.1 Å². The highest BCUT2D eigenvalue weighted by Crippen LogP contribution is 2.47. The van der Waals surface area contributed by atoms with Crippen molar-refractivity contribution in [3.8, 4) is 0 Å². The fourth-order valence-electron chi connectivity index (χ4n) is 4.17. The second-order valence-electron chi connectivity index (χ2n) is 5.95. The van der Waals surface area contributed by atoms with E-state index in [-0.39, 0.29) is 11.8 Å². The van der Waals surface area contributed by atoms with Gasteiger partial charge in [0.1, 0.15) is 0 Å². The van der Waals surface area contributed by atoms with Crippen LogP contribution in [0.1, 0.15) is 38.5 Å². The minimum absolute atomic E-state index is 0.0902. The number of hydrogen-bond donors (Lipinski definition) is 1. The topological polar surface area (TPSA) is 46.3 Å². The zero-order chi connectivity index (χ0) is 11.1. The average molecular weight is 222 g/mol. The maximum Gasteiger partial charge on any atom is 0.220 e. The molecule has 16 heavy (non-hydrogen) atoms. The van der Waals surface area contributed by atoms with Gasteiger partial charge in [-0.25, -0.2) is 0 Å². The number of nitrogens with two attached hydrogens (primary N) is 1. The fourth-order valence-corrected chi connectivity index (χ4v) is 4.17. The van der Waals surface area contributed by atoms with Gasteiger partial charge in [0.2, 0.25) is 5.91 Å². The Balaban J connectivity index is 1.56. The van der Waals surface area contributed by atoms with Crippen LogP contribution >= 0.6 is 0 Å². The van der Waals surface area contributed by atoms with Crippen LogP contribution in [0, 0.1) is 17.8 Å². The Morgan fingerprint density at radius 1 is 1.06 bits per heavy atom. The van der Waals surface area contributed by atoms with E-state index in [1.54, 1.807) is 0 Å². The van der Waals surface area contributed by atoms with E-state index in [1.807, 2.05) is 0 Å². The molecule has 1 saturated heterocycles. The van der Waals surface area contributed by atoms with Crippen molar-refractivity contribution >= 4 is 5.91 Å². The van der Waals surface area contributed by atoms with Crippen LogP contribution in [-0.2, 0) is 4.79 Å². The number of hydrogen-bond acceptors (Lipinski definition) is 2. The highest BCUT2D eigenvalue weighted by molar-refractivity contribution is 5.76. The minimum Gasteiger partial charge on any atom is -0.369 e. The summed E-state index contributed by atoms with van der Waals surface area (Å²) in [6.45, 7) is 2.20. The lowest BCUT2D eigenvalue weighted by atomic mass is 9.90. The number of likely N-dealkylation sites (tertiary alicyclic amines) is 1. The molecule has 0 spiro atoms. The molecule has 0 aromatic carbocycles. The number of piperidine rings is 1. The molecule has 3 nitrogen and oxygen atoms in total. The fraction of sp³-hybridized carbons (Fsp3) is 0.923. The standard InChI is InChI=1S/C13H22N2O/c14-13(16)10-3-5-15(6-4-10)12-8-9-1-2-11(12)7-9/h9-12H,1-8H2,(H2,14,16)/t9-,11-,12+/m0/s1. The van der Waals surface area contributed by atoms with E-state index in [0.717, 1.165) is 43.8 Å². The smallest absolute Gasteiger partial charge is 0.220 e. The summed E-state index contributed by atoms with van der Waals surface area (Å²) < 4.78 is 0. The van der Waals surface area contributed by atoms with Crippen LogP contribution in [0.2, 0.25) is 0 Å². The second-order valence-corrected chi connectivity index (χ2v) is 5.95. The van der Waals surface area contributed by atoms with Crippen LogP contribution in [0.15, 0.2) is 0 Å². The van der Waals surface area contributed by atoms with Gasteiger partial charge in [-0.2, -0.15) is 0 Å². The van der Waals surface area contributed by atoms with Crippen molar-refractivity contribution in [3.05, 3.63) is 0 Å². The van der Waals surface area contributed by atoms with Crippen molar-refractivity contribution in [2.24, 2.45) is 23.5 Å². The van der Waals surface area contributed by atoms with Gasteiger partial charge >= 0.3 is 0 Å². The molecule has 3 heteroatoms. The molecule has 1 amide bonds. The number of rotatable bonds is 2. The first-order valence-corrected chi connectivity index (χ1v) is 6.77. The third-order valence-corrected chi connectivity index (χ3v) is 5.10. The number of carbonyl (C=O) groups is 1. The summed E-state index contributed by atoms with van der Waals surface area (Å²) in [5.41, 5.74) is 5.37. The SMILES string of the molecule is NC(=O)C1CCN([C@@H]2C[C@H]3CC[C@H]2C3)CC1. The number of primary amides is 1. The Hall–Kier alpha value is -0.570. The normalized spacial score (nSPS) is 40.4. The highest BCUT2D eigenvalue weighted by Gasteiger charge is 2.43. The Labute approximate surface area is 97.4 Å². The molecule has 1 aliphatic heterocycles. The predicted octanol–water partition coefficient (Wildman–Crippen LogP) is 1.37. The molecule has 0 aromatic rings. The third-order valence-electron chi connectivity index (χ3n) is 5.10. The molecule has 2 aliphatic carbocycles. The molecule has 2 bridgehead atoms. The average Bonchev–Trinajstić information content (AvgIpc) is 2.91. The molecule has 2 N–H and O–H groups in total. The molecule has 3 rings (SSSR count). The zero-order valence-electron chi connectivity index (χ0n) is 9.90. The Bertz CT molecular complexity index is 284. The van der Waals surface area contributed by atoms with Crippen LogP contribution in [0.25, 0.3) is 0 Å². The van der Waals surface area contributed by atoms with Crippen molar-refractivity contribution in [3.63, 3.8) is 0 Å². The van der Waals surface area contributed by atoms with Crippen molar-refractivity contribution in [1.29, 1.82) is 0 Å². The van der Waals surface area contributed by atoms with Crippen LogP contribution < -0.4 is 5.73 Å². The number of carbonyl (C=O) groups excluding carboxylic acids is 1. The molecule has 1 heterocycles. The van der Waals surface area contributed by atoms with E-state index < -0.39 is 0 Å². The van der Waals surface area contributed by atoms with Gasteiger partial charge in [0.15, 0.2) is 0 Å². The summed E-state index contributed by atoms with van der Waals surface area (Å²) in [6, 6.07) is 0.840. The summed E-state index contributed by atoms with van der Waals surface area (Å²) >= 11 is 0.